The van der Waals surface area contributed by atoms with E-state index in [-0.39, 0.29) is 0 Å². The molecular formula is C18H28N2O. The summed E-state index contributed by atoms with van der Waals surface area (Å²) < 4.78 is 5.56. The number of piperidine rings is 1. The zero-order valence-electron chi connectivity index (χ0n) is 13.3. The summed E-state index contributed by atoms with van der Waals surface area (Å²) in [6.45, 7) is 4.69. The molecule has 1 aromatic carbocycles. The lowest BCUT2D eigenvalue weighted by atomic mass is 10.0. The number of benzene rings is 1. The average molecular weight is 288 g/mol. The zero-order valence-corrected chi connectivity index (χ0v) is 13.3. The molecule has 3 heteroatoms. The van der Waals surface area contributed by atoms with Gasteiger partial charge in [0.05, 0.1) is 7.11 Å². The van der Waals surface area contributed by atoms with Gasteiger partial charge in [0.25, 0.3) is 0 Å². The van der Waals surface area contributed by atoms with Crippen molar-refractivity contribution in [2.45, 2.75) is 57.2 Å². The van der Waals surface area contributed by atoms with E-state index in [2.05, 4.69) is 41.4 Å². The molecule has 1 aliphatic carbocycles. The van der Waals surface area contributed by atoms with Crippen LogP contribution in [0.2, 0.25) is 0 Å². The molecule has 0 spiro atoms. The summed E-state index contributed by atoms with van der Waals surface area (Å²) in [5.74, 6) is 1.02. The number of hydrogen-bond donors (Lipinski definition) is 1. The quantitative estimate of drug-likeness (QED) is 0.868. The highest BCUT2D eigenvalue weighted by molar-refractivity contribution is 5.35. The van der Waals surface area contributed by atoms with Crippen LogP contribution in [0.4, 0.5) is 0 Å². The molecule has 1 heterocycles. The number of rotatable bonds is 6. The Morgan fingerprint density at radius 1 is 1.24 bits per heavy atom. The van der Waals surface area contributed by atoms with E-state index in [4.69, 9.17) is 4.74 Å². The summed E-state index contributed by atoms with van der Waals surface area (Å²) in [4.78, 5) is 2.70. The smallest absolute Gasteiger partial charge is 0.123 e. The molecular weight excluding hydrogens is 260 g/mol. The van der Waals surface area contributed by atoms with Gasteiger partial charge in [-0.25, -0.2) is 0 Å². The molecule has 1 aromatic rings. The molecule has 0 amide bonds. The van der Waals surface area contributed by atoms with Crippen LogP contribution in [-0.2, 0) is 0 Å². The third-order valence-corrected chi connectivity index (χ3v) is 4.95. The number of nitrogens with one attached hydrogen (secondary N) is 1. The minimum absolute atomic E-state index is 0.428. The normalized spacial score (nSPS) is 24.0. The van der Waals surface area contributed by atoms with Crippen LogP contribution in [0.1, 0.15) is 50.6 Å². The van der Waals surface area contributed by atoms with Gasteiger partial charge in [0.1, 0.15) is 5.75 Å². The van der Waals surface area contributed by atoms with Gasteiger partial charge in [-0.2, -0.15) is 0 Å². The van der Waals surface area contributed by atoms with E-state index in [9.17, 15) is 0 Å². The maximum absolute atomic E-state index is 5.56. The second-order valence-electron chi connectivity index (χ2n) is 6.49. The van der Waals surface area contributed by atoms with Crippen molar-refractivity contribution < 1.29 is 4.74 Å². The van der Waals surface area contributed by atoms with Crippen LogP contribution in [0.15, 0.2) is 24.3 Å². The molecule has 3 rings (SSSR count). The van der Waals surface area contributed by atoms with Crippen molar-refractivity contribution in [1.29, 1.82) is 0 Å². The molecule has 2 fully saturated rings. The van der Waals surface area contributed by atoms with Crippen LogP contribution in [0.25, 0.3) is 0 Å². The van der Waals surface area contributed by atoms with Gasteiger partial charge in [-0.15, -0.1) is 0 Å². The SMILES string of the molecule is COc1ccccc1C(C)N(CC1CCCCN1)C1CC1. The van der Waals surface area contributed by atoms with Gasteiger partial charge >= 0.3 is 0 Å². The third-order valence-electron chi connectivity index (χ3n) is 4.95. The van der Waals surface area contributed by atoms with E-state index >= 15 is 0 Å². The average Bonchev–Trinajstić information content (AvgIpc) is 3.37. The minimum atomic E-state index is 0.428. The van der Waals surface area contributed by atoms with Crippen LogP contribution in [0, 0.1) is 0 Å². The van der Waals surface area contributed by atoms with E-state index in [0.29, 0.717) is 12.1 Å². The predicted octanol–water partition coefficient (Wildman–Crippen LogP) is 3.36. The standard InChI is InChI=1S/C18H28N2O/c1-14(17-8-3-4-9-18(17)21-2)20(16-10-11-16)13-15-7-5-6-12-19-15/h3-4,8-9,14-16,19H,5-7,10-13H2,1-2H3. The van der Waals surface area contributed by atoms with Gasteiger partial charge in [-0.1, -0.05) is 24.6 Å². The highest BCUT2D eigenvalue weighted by Gasteiger charge is 2.35. The van der Waals surface area contributed by atoms with Crippen LogP contribution < -0.4 is 10.1 Å². The van der Waals surface area contributed by atoms with E-state index in [1.807, 2.05) is 0 Å². The summed E-state index contributed by atoms with van der Waals surface area (Å²) in [7, 11) is 1.77. The molecule has 1 N–H and O–H groups in total. The Kier molecular flexibility index (Phi) is 4.81. The van der Waals surface area contributed by atoms with Crippen molar-refractivity contribution in [3.63, 3.8) is 0 Å². The first kappa shape index (κ1) is 14.9. The zero-order chi connectivity index (χ0) is 14.7. The maximum Gasteiger partial charge on any atom is 0.123 e. The Balaban J connectivity index is 1.73. The highest BCUT2D eigenvalue weighted by Crippen LogP contribution is 2.37. The predicted molar refractivity (Wildman–Crippen MR) is 86.8 cm³/mol. The topological polar surface area (TPSA) is 24.5 Å². The van der Waals surface area contributed by atoms with E-state index < -0.39 is 0 Å². The molecule has 0 bridgehead atoms. The summed E-state index contributed by atoms with van der Waals surface area (Å²) in [6.07, 6.45) is 6.74. The molecule has 2 atom stereocenters. The van der Waals surface area contributed by atoms with Crippen molar-refractivity contribution in [3.8, 4) is 5.75 Å². The van der Waals surface area contributed by atoms with Crippen molar-refractivity contribution in [3.05, 3.63) is 29.8 Å². The minimum Gasteiger partial charge on any atom is -0.496 e. The first-order valence-corrected chi connectivity index (χ1v) is 8.41. The highest BCUT2D eigenvalue weighted by atomic mass is 16.5. The lowest BCUT2D eigenvalue weighted by Gasteiger charge is -2.35. The van der Waals surface area contributed by atoms with Crippen LogP contribution in [0.3, 0.4) is 0 Å². The molecule has 0 radical (unpaired) electrons. The summed E-state index contributed by atoms with van der Waals surface area (Å²) in [5.41, 5.74) is 1.32. The van der Waals surface area contributed by atoms with Crippen LogP contribution in [0.5, 0.6) is 5.75 Å². The summed E-state index contributed by atoms with van der Waals surface area (Å²) in [6, 6.07) is 10.3. The van der Waals surface area contributed by atoms with Crippen molar-refractivity contribution in [2.24, 2.45) is 0 Å². The van der Waals surface area contributed by atoms with E-state index in [1.54, 1.807) is 7.11 Å². The number of ether oxygens (including phenoxy) is 1. The lowest BCUT2D eigenvalue weighted by Crippen LogP contribution is -2.45. The fourth-order valence-corrected chi connectivity index (χ4v) is 3.55. The Morgan fingerprint density at radius 3 is 2.71 bits per heavy atom. The van der Waals surface area contributed by atoms with Gasteiger partial charge < -0.3 is 10.1 Å². The Bertz CT molecular complexity index is 452. The molecule has 3 nitrogen and oxygen atoms in total. The first-order valence-electron chi connectivity index (χ1n) is 8.41. The molecule has 116 valence electrons. The second-order valence-corrected chi connectivity index (χ2v) is 6.49. The molecule has 0 aromatic heterocycles. The number of nitrogens with zero attached hydrogens (tertiary/aromatic N) is 1. The van der Waals surface area contributed by atoms with Crippen LogP contribution >= 0.6 is 0 Å². The number of hydrogen-bond acceptors (Lipinski definition) is 3. The molecule has 21 heavy (non-hydrogen) atoms. The summed E-state index contributed by atoms with van der Waals surface area (Å²) in [5, 5.41) is 3.69. The summed E-state index contributed by atoms with van der Waals surface area (Å²) >= 11 is 0. The second kappa shape index (κ2) is 6.80. The first-order chi connectivity index (χ1) is 10.3. The monoisotopic (exact) mass is 288 g/mol. The van der Waals surface area contributed by atoms with Gasteiger partial charge in [0.15, 0.2) is 0 Å². The number of methoxy groups -OCH3 is 1. The fourth-order valence-electron chi connectivity index (χ4n) is 3.55. The van der Waals surface area contributed by atoms with E-state index in [1.165, 1.54) is 50.8 Å². The fraction of sp³-hybridized carbons (Fsp3) is 0.667. The van der Waals surface area contributed by atoms with E-state index in [0.717, 1.165) is 11.8 Å². The number of para-hydroxylation sites is 1. The largest absolute Gasteiger partial charge is 0.496 e. The van der Waals surface area contributed by atoms with Crippen molar-refractivity contribution >= 4 is 0 Å². The molecule has 2 unspecified atom stereocenters. The van der Waals surface area contributed by atoms with Gasteiger partial charge in [0, 0.05) is 30.2 Å². The molecule has 1 saturated heterocycles. The molecule has 1 saturated carbocycles. The third kappa shape index (κ3) is 3.58. The van der Waals surface area contributed by atoms with Crippen LogP contribution in [-0.4, -0.2) is 37.2 Å². The Morgan fingerprint density at radius 2 is 2.05 bits per heavy atom. The Hall–Kier alpha value is -1.06. The Labute approximate surface area is 128 Å². The maximum atomic E-state index is 5.56. The van der Waals surface area contributed by atoms with Crippen molar-refractivity contribution in [1.82, 2.24) is 10.2 Å². The van der Waals surface area contributed by atoms with Gasteiger partial charge in [0.2, 0.25) is 0 Å². The molecule has 2 aliphatic rings. The van der Waals surface area contributed by atoms with Crippen molar-refractivity contribution in [2.75, 3.05) is 20.2 Å². The van der Waals surface area contributed by atoms with Gasteiger partial charge in [-0.05, 0) is 45.2 Å². The molecule has 1 aliphatic heterocycles. The lowest BCUT2D eigenvalue weighted by molar-refractivity contribution is 0.164. The van der Waals surface area contributed by atoms with Gasteiger partial charge in [-0.3, -0.25) is 4.90 Å².